The summed E-state index contributed by atoms with van der Waals surface area (Å²) in [5.74, 6) is 0.702. The van der Waals surface area contributed by atoms with Gasteiger partial charge in [0.1, 0.15) is 0 Å². The van der Waals surface area contributed by atoms with E-state index in [1.54, 1.807) is 0 Å². The second kappa shape index (κ2) is 5.02. The van der Waals surface area contributed by atoms with Crippen LogP contribution in [0, 0.1) is 16.7 Å². The Morgan fingerprint density at radius 2 is 1.52 bits per heavy atom. The number of hydrogen-bond acceptors (Lipinski definition) is 2. The van der Waals surface area contributed by atoms with Crippen molar-refractivity contribution in [3.8, 4) is 0 Å². The largest absolute Gasteiger partial charge is 0.361 e. The molecule has 4 atom stereocenters. The molecule has 0 radical (unpaired) electrons. The van der Waals surface area contributed by atoms with Crippen molar-refractivity contribution in [1.29, 1.82) is 0 Å². The summed E-state index contributed by atoms with van der Waals surface area (Å²) in [5, 5.41) is 1.86. The first-order valence-electron chi connectivity index (χ1n) is 9.13. The first-order valence-corrected chi connectivity index (χ1v) is 10.5. The summed E-state index contributed by atoms with van der Waals surface area (Å²) in [6.45, 7) is 5.21. The Bertz CT molecular complexity index is 796. The molecule has 2 aliphatic carbocycles. The van der Waals surface area contributed by atoms with Crippen molar-refractivity contribution in [3.63, 3.8) is 0 Å². The van der Waals surface area contributed by atoms with Gasteiger partial charge in [0, 0.05) is 16.7 Å². The molecule has 25 heavy (non-hydrogen) atoms. The first-order chi connectivity index (χ1) is 12.0. The second-order valence-electron chi connectivity index (χ2n) is 8.16. The minimum atomic E-state index is -0.884. The van der Waals surface area contributed by atoms with Crippen molar-refractivity contribution in [3.05, 3.63) is 60.7 Å². The molecule has 3 heteroatoms. The lowest BCUT2D eigenvalue weighted by Crippen LogP contribution is -2.52. The third kappa shape index (κ3) is 1.70. The van der Waals surface area contributed by atoms with Crippen LogP contribution in [-0.2, 0) is 9.53 Å². The van der Waals surface area contributed by atoms with Gasteiger partial charge >= 0.3 is 0 Å². The molecular formula is C22H23O2P. The van der Waals surface area contributed by atoms with Crippen LogP contribution in [0.5, 0.6) is 0 Å². The van der Waals surface area contributed by atoms with Crippen molar-refractivity contribution >= 4 is 24.3 Å². The average Bonchev–Trinajstić information content (AvgIpc) is 3.14. The van der Waals surface area contributed by atoms with Gasteiger partial charge in [-0.3, -0.25) is 4.79 Å². The Kier molecular flexibility index (Phi) is 3.16. The van der Waals surface area contributed by atoms with Crippen LogP contribution in [0.2, 0.25) is 0 Å². The Balaban J connectivity index is 1.75. The number of benzene rings is 2. The third-order valence-electron chi connectivity index (χ3n) is 7.21. The minimum Gasteiger partial charge on any atom is -0.361 e. The molecule has 0 unspecified atom stereocenters. The van der Waals surface area contributed by atoms with E-state index in [4.69, 9.17) is 4.74 Å². The van der Waals surface area contributed by atoms with Crippen LogP contribution in [-0.4, -0.2) is 17.7 Å². The summed E-state index contributed by atoms with van der Waals surface area (Å²) >= 11 is 0. The molecular weight excluding hydrogens is 327 g/mol. The van der Waals surface area contributed by atoms with Gasteiger partial charge in [-0.1, -0.05) is 74.5 Å². The number of ketones is 1. The van der Waals surface area contributed by atoms with E-state index in [0.29, 0.717) is 11.7 Å². The van der Waals surface area contributed by atoms with Gasteiger partial charge in [-0.2, -0.15) is 0 Å². The van der Waals surface area contributed by atoms with Crippen LogP contribution < -0.4 is 10.6 Å². The Morgan fingerprint density at radius 1 is 0.960 bits per heavy atom. The highest BCUT2D eigenvalue weighted by Gasteiger charge is 2.81. The minimum absolute atomic E-state index is 0.00573. The summed E-state index contributed by atoms with van der Waals surface area (Å²) in [6, 6.07) is 21.1. The van der Waals surface area contributed by atoms with Crippen LogP contribution in [0.1, 0.15) is 26.7 Å². The van der Waals surface area contributed by atoms with E-state index in [0.717, 1.165) is 19.4 Å². The Morgan fingerprint density at radius 3 is 2.00 bits per heavy atom. The van der Waals surface area contributed by atoms with Crippen molar-refractivity contribution in [2.75, 3.05) is 6.61 Å². The fourth-order valence-corrected chi connectivity index (χ4v) is 9.05. The summed E-state index contributed by atoms with van der Waals surface area (Å²) in [7, 11) is -0.884. The van der Waals surface area contributed by atoms with Crippen LogP contribution in [0.25, 0.3) is 0 Å². The van der Waals surface area contributed by atoms with Gasteiger partial charge in [0.25, 0.3) is 0 Å². The van der Waals surface area contributed by atoms with Crippen LogP contribution in [0.4, 0.5) is 0 Å². The fourth-order valence-electron chi connectivity index (χ4n) is 5.67. The van der Waals surface area contributed by atoms with E-state index in [1.165, 1.54) is 10.6 Å². The topological polar surface area (TPSA) is 26.3 Å². The maximum absolute atomic E-state index is 13.8. The second-order valence-corrected chi connectivity index (χ2v) is 10.5. The van der Waals surface area contributed by atoms with Crippen molar-refractivity contribution in [2.24, 2.45) is 16.7 Å². The standard InChI is InChI=1S/C22H23O2P/c1-20-14-13-18-21(20,2)15-24-22(18,19(20)23)25(16-9-5-3-6-10-16)17-11-7-4-8-12-17/h3-12,18H,13-15H2,1-2H3/t18-,20-,21+,22-/m0/s1. The summed E-state index contributed by atoms with van der Waals surface area (Å²) in [6.07, 6.45) is 2.13. The third-order valence-corrected chi connectivity index (χ3v) is 10.2. The van der Waals surface area contributed by atoms with E-state index in [9.17, 15) is 4.79 Å². The molecule has 128 valence electrons. The van der Waals surface area contributed by atoms with Crippen LogP contribution in [0.15, 0.2) is 60.7 Å². The van der Waals surface area contributed by atoms with E-state index in [-0.39, 0.29) is 10.8 Å². The molecule has 2 saturated carbocycles. The average molecular weight is 350 g/mol. The molecule has 3 aliphatic rings. The Hall–Kier alpha value is -1.50. The number of carbonyl (C=O) groups excluding carboxylic acids is 1. The van der Waals surface area contributed by atoms with Gasteiger partial charge in [0.05, 0.1) is 6.61 Å². The monoisotopic (exact) mass is 350 g/mol. The van der Waals surface area contributed by atoms with Gasteiger partial charge in [-0.15, -0.1) is 0 Å². The summed E-state index contributed by atoms with van der Waals surface area (Å²) in [5.41, 5.74) is -0.228. The molecule has 0 aromatic heterocycles. The molecule has 2 aromatic carbocycles. The van der Waals surface area contributed by atoms with Gasteiger partial charge in [-0.25, -0.2) is 0 Å². The van der Waals surface area contributed by atoms with Crippen molar-refractivity contribution < 1.29 is 9.53 Å². The molecule has 3 fully saturated rings. The first kappa shape index (κ1) is 15.7. The van der Waals surface area contributed by atoms with Gasteiger partial charge in [0.2, 0.25) is 0 Å². The maximum Gasteiger partial charge on any atom is 0.176 e. The van der Waals surface area contributed by atoms with Crippen LogP contribution in [0.3, 0.4) is 0 Å². The number of ether oxygens (including phenoxy) is 1. The van der Waals surface area contributed by atoms with E-state index < -0.39 is 13.3 Å². The normalized spacial score (nSPS) is 38.7. The van der Waals surface area contributed by atoms with Crippen molar-refractivity contribution in [1.82, 2.24) is 0 Å². The zero-order valence-corrected chi connectivity index (χ0v) is 15.6. The number of carbonyl (C=O) groups is 1. The van der Waals surface area contributed by atoms with Crippen LogP contribution >= 0.6 is 7.92 Å². The lowest BCUT2D eigenvalue weighted by Gasteiger charge is -2.44. The zero-order valence-electron chi connectivity index (χ0n) is 14.7. The number of rotatable bonds is 3. The lowest BCUT2D eigenvalue weighted by atomic mass is 9.69. The zero-order chi connectivity index (χ0) is 17.3. The van der Waals surface area contributed by atoms with Gasteiger partial charge in [-0.05, 0) is 31.4 Å². The fraction of sp³-hybridized carbons (Fsp3) is 0.409. The van der Waals surface area contributed by atoms with Crippen molar-refractivity contribution in [2.45, 2.75) is 32.0 Å². The SMILES string of the molecule is C[C@@]12CC[C@@H]3[C@@](P(c4ccccc4)c4ccccc4)(OC[C@]31C)C2=O. The predicted octanol–water partition coefficient (Wildman–Crippen LogP) is 3.85. The maximum atomic E-state index is 13.8. The van der Waals surface area contributed by atoms with E-state index >= 15 is 0 Å². The molecule has 2 aromatic rings. The molecule has 4 bridgehead atoms. The Labute approximate surface area is 150 Å². The van der Waals surface area contributed by atoms with E-state index in [2.05, 4.69) is 62.4 Å². The molecule has 1 heterocycles. The molecule has 2 nitrogen and oxygen atoms in total. The number of hydrogen-bond donors (Lipinski definition) is 0. The quantitative estimate of drug-likeness (QED) is 0.786. The van der Waals surface area contributed by atoms with E-state index in [1.807, 2.05) is 12.1 Å². The molecule has 0 amide bonds. The lowest BCUT2D eigenvalue weighted by molar-refractivity contribution is -0.150. The van der Waals surface area contributed by atoms with Gasteiger partial charge < -0.3 is 4.74 Å². The smallest absolute Gasteiger partial charge is 0.176 e. The number of Topliss-reactive ketones (excluding diaryl/α,β-unsaturated/α-hetero) is 1. The van der Waals surface area contributed by atoms with Gasteiger partial charge in [0.15, 0.2) is 11.1 Å². The summed E-state index contributed by atoms with van der Waals surface area (Å²) < 4.78 is 6.50. The highest BCUT2D eigenvalue weighted by atomic mass is 31.1. The summed E-state index contributed by atoms with van der Waals surface area (Å²) in [4.78, 5) is 13.8. The molecule has 1 saturated heterocycles. The molecule has 5 rings (SSSR count). The molecule has 0 spiro atoms. The predicted molar refractivity (Wildman–Crippen MR) is 102 cm³/mol. The highest BCUT2D eigenvalue weighted by molar-refractivity contribution is 7.75. The highest BCUT2D eigenvalue weighted by Crippen LogP contribution is 2.78. The molecule has 0 N–H and O–H groups in total. The molecule has 1 aliphatic heterocycles.